The van der Waals surface area contributed by atoms with Crippen molar-refractivity contribution in [3.63, 3.8) is 0 Å². The Morgan fingerprint density at radius 2 is 2.50 bits per heavy atom. The molecule has 0 saturated carbocycles. The normalized spacial score (nSPS) is 23.2. The van der Waals surface area contributed by atoms with Crippen molar-refractivity contribution in [2.24, 2.45) is 0 Å². The van der Waals surface area contributed by atoms with Crippen LogP contribution in [0, 0.1) is 6.92 Å². The summed E-state index contributed by atoms with van der Waals surface area (Å²) in [6.45, 7) is 3.02. The van der Waals surface area contributed by atoms with Gasteiger partial charge in [-0.25, -0.2) is 0 Å². The first-order chi connectivity index (χ1) is 4.77. The van der Waals surface area contributed by atoms with E-state index in [0.717, 1.165) is 6.61 Å². The lowest BCUT2D eigenvalue weighted by Crippen LogP contribution is -1.66. The molecule has 1 aliphatic heterocycles. The summed E-state index contributed by atoms with van der Waals surface area (Å²) in [7, 11) is 0. The molecule has 2 heterocycles. The second-order valence-electron chi connectivity index (χ2n) is 2.37. The summed E-state index contributed by atoms with van der Waals surface area (Å²) in [4.78, 5) is 2.69. The van der Waals surface area contributed by atoms with Crippen LogP contribution in [0.25, 0.3) is 0 Å². The number of hydrogen-bond acceptors (Lipinski definition) is 2. The fourth-order valence-electron chi connectivity index (χ4n) is 0.853. The van der Waals surface area contributed by atoms with Crippen LogP contribution in [0.15, 0.2) is 10.5 Å². The van der Waals surface area contributed by atoms with Crippen LogP contribution in [-0.4, -0.2) is 6.61 Å². The lowest BCUT2D eigenvalue weighted by Gasteiger charge is -1.80. The Bertz CT molecular complexity index is 233. The number of thiophene rings is 1. The molecule has 1 aromatic heterocycles. The first-order valence-electron chi connectivity index (χ1n) is 3.15. The third kappa shape index (κ3) is 1.13. The number of aryl methyl sites for hydroxylation is 1. The molecule has 1 aliphatic rings. The van der Waals surface area contributed by atoms with Crippen LogP contribution >= 0.6 is 27.3 Å². The third-order valence-corrected chi connectivity index (χ3v) is 3.76. The van der Waals surface area contributed by atoms with Gasteiger partial charge in [-0.2, -0.15) is 0 Å². The predicted octanol–water partition coefficient (Wildman–Crippen LogP) is 2.89. The van der Waals surface area contributed by atoms with Gasteiger partial charge in [0.15, 0.2) is 0 Å². The number of rotatable bonds is 1. The van der Waals surface area contributed by atoms with E-state index in [1.54, 1.807) is 0 Å². The largest absolute Gasteiger partial charge is 0.367 e. The molecule has 0 aromatic carbocycles. The molecule has 0 bridgehead atoms. The monoisotopic (exact) mass is 218 g/mol. The van der Waals surface area contributed by atoms with Gasteiger partial charge in [-0.05, 0) is 28.9 Å². The summed E-state index contributed by atoms with van der Waals surface area (Å²) in [6, 6.07) is 2.15. The van der Waals surface area contributed by atoms with E-state index in [2.05, 4.69) is 28.9 Å². The van der Waals surface area contributed by atoms with E-state index in [9.17, 15) is 0 Å². The maximum atomic E-state index is 5.15. The zero-order chi connectivity index (χ0) is 7.14. The highest BCUT2D eigenvalue weighted by atomic mass is 79.9. The Morgan fingerprint density at radius 3 is 2.90 bits per heavy atom. The second-order valence-corrected chi connectivity index (χ2v) is 4.52. The molecule has 1 unspecified atom stereocenters. The van der Waals surface area contributed by atoms with Crippen molar-refractivity contribution in [1.29, 1.82) is 0 Å². The molecule has 0 spiro atoms. The fraction of sp³-hybridized carbons (Fsp3) is 0.429. The summed E-state index contributed by atoms with van der Waals surface area (Å²) in [5.41, 5.74) is 0. The number of ether oxygens (including phenoxy) is 1. The van der Waals surface area contributed by atoms with Crippen molar-refractivity contribution in [3.05, 3.63) is 20.3 Å². The quantitative estimate of drug-likeness (QED) is 0.661. The molecule has 3 heteroatoms. The first-order valence-corrected chi connectivity index (χ1v) is 4.76. The van der Waals surface area contributed by atoms with Crippen molar-refractivity contribution < 1.29 is 4.74 Å². The maximum absolute atomic E-state index is 5.15. The van der Waals surface area contributed by atoms with E-state index < -0.39 is 0 Å². The van der Waals surface area contributed by atoms with Crippen molar-refractivity contribution in [2.75, 3.05) is 6.61 Å². The van der Waals surface area contributed by atoms with Crippen LogP contribution in [-0.2, 0) is 4.74 Å². The molecular weight excluding hydrogens is 212 g/mol. The van der Waals surface area contributed by atoms with Crippen LogP contribution in [0.4, 0.5) is 0 Å². The van der Waals surface area contributed by atoms with Crippen LogP contribution < -0.4 is 0 Å². The molecule has 0 aliphatic carbocycles. The molecule has 2 rings (SSSR count). The smallest absolute Gasteiger partial charge is 0.115 e. The zero-order valence-electron chi connectivity index (χ0n) is 5.56. The minimum absolute atomic E-state index is 0.412. The molecule has 1 saturated heterocycles. The summed E-state index contributed by atoms with van der Waals surface area (Å²) < 4.78 is 6.36. The molecule has 1 nitrogen and oxygen atoms in total. The van der Waals surface area contributed by atoms with Crippen LogP contribution in [0.2, 0.25) is 0 Å². The lowest BCUT2D eigenvalue weighted by molar-refractivity contribution is 0.418. The first kappa shape index (κ1) is 6.83. The second kappa shape index (κ2) is 2.32. The molecule has 10 heavy (non-hydrogen) atoms. The molecule has 1 fully saturated rings. The number of epoxide rings is 1. The van der Waals surface area contributed by atoms with E-state index in [0.29, 0.717) is 6.10 Å². The standard InChI is InChI=1S/C7H7BrOS/c1-4-5(8)2-7(10-4)6-3-9-6/h2,6H,3H2,1H3. The molecule has 0 radical (unpaired) electrons. The van der Waals surface area contributed by atoms with E-state index in [1.165, 1.54) is 14.2 Å². The Kier molecular flexibility index (Phi) is 1.59. The Hall–Kier alpha value is 0.140. The fourth-order valence-corrected chi connectivity index (χ4v) is 2.45. The van der Waals surface area contributed by atoms with Gasteiger partial charge in [0.2, 0.25) is 0 Å². The highest BCUT2D eigenvalue weighted by Crippen LogP contribution is 2.38. The van der Waals surface area contributed by atoms with Gasteiger partial charge in [0, 0.05) is 14.2 Å². The molecule has 1 atom stereocenters. The minimum atomic E-state index is 0.412. The zero-order valence-corrected chi connectivity index (χ0v) is 7.96. The Morgan fingerprint density at radius 1 is 1.80 bits per heavy atom. The lowest BCUT2D eigenvalue weighted by atomic mass is 10.4. The van der Waals surface area contributed by atoms with Crippen LogP contribution in [0.3, 0.4) is 0 Å². The van der Waals surface area contributed by atoms with Gasteiger partial charge in [0.05, 0.1) is 6.61 Å². The average Bonchev–Trinajstić information content (AvgIpc) is 2.64. The summed E-state index contributed by atoms with van der Waals surface area (Å²) in [6.07, 6.45) is 0.412. The Labute approximate surface area is 72.1 Å². The molecule has 0 amide bonds. The highest BCUT2D eigenvalue weighted by Gasteiger charge is 2.26. The van der Waals surface area contributed by atoms with Crippen molar-refractivity contribution in [1.82, 2.24) is 0 Å². The van der Waals surface area contributed by atoms with Crippen molar-refractivity contribution in [2.45, 2.75) is 13.0 Å². The molecule has 1 aromatic rings. The SMILES string of the molecule is Cc1sc(C2CO2)cc1Br. The summed E-state index contributed by atoms with van der Waals surface area (Å²) >= 11 is 5.28. The maximum Gasteiger partial charge on any atom is 0.115 e. The van der Waals surface area contributed by atoms with Crippen molar-refractivity contribution in [3.8, 4) is 0 Å². The minimum Gasteiger partial charge on any atom is -0.367 e. The van der Waals surface area contributed by atoms with E-state index >= 15 is 0 Å². The van der Waals surface area contributed by atoms with E-state index in [1.807, 2.05) is 11.3 Å². The Balaban J connectivity index is 2.34. The molecule has 54 valence electrons. The molecular formula is C7H7BrOS. The highest BCUT2D eigenvalue weighted by molar-refractivity contribution is 9.10. The van der Waals surface area contributed by atoms with Gasteiger partial charge in [-0.3, -0.25) is 0 Å². The van der Waals surface area contributed by atoms with Gasteiger partial charge >= 0.3 is 0 Å². The van der Waals surface area contributed by atoms with E-state index in [-0.39, 0.29) is 0 Å². The number of halogens is 1. The van der Waals surface area contributed by atoms with Gasteiger partial charge < -0.3 is 4.74 Å². The van der Waals surface area contributed by atoms with Gasteiger partial charge in [0.1, 0.15) is 6.10 Å². The third-order valence-electron chi connectivity index (χ3n) is 1.53. The summed E-state index contributed by atoms with van der Waals surface area (Å²) in [5.74, 6) is 0. The van der Waals surface area contributed by atoms with E-state index in [4.69, 9.17) is 4.74 Å². The topological polar surface area (TPSA) is 12.5 Å². The molecule has 0 N–H and O–H groups in total. The van der Waals surface area contributed by atoms with Crippen LogP contribution in [0.1, 0.15) is 15.9 Å². The summed E-state index contributed by atoms with van der Waals surface area (Å²) in [5, 5.41) is 0. The van der Waals surface area contributed by atoms with Gasteiger partial charge in [-0.1, -0.05) is 0 Å². The predicted molar refractivity (Wildman–Crippen MR) is 45.4 cm³/mol. The van der Waals surface area contributed by atoms with Gasteiger partial charge in [0.25, 0.3) is 0 Å². The van der Waals surface area contributed by atoms with Crippen molar-refractivity contribution >= 4 is 27.3 Å². The number of hydrogen-bond donors (Lipinski definition) is 0. The van der Waals surface area contributed by atoms with Crippen LogP contribution in [0.5, 0.6) is 0 Å². The van der Waals surface area contributed by atoms with Gasteiger partial charge in [-0.15, -0.1) is 11.3 Å². The average molecular weight is 219 g/mol.